The number of methoxy groups -OCH3 is 1. The van der Waals surface area contributed by atoms with Crippen LogP contribution in [-0.2, 0) is 4.79 Å². The SMILES string of the molecule is COc1ccc(C)cc1NC(=O)c1cc2ccccc2cc1OCC(=O)Nc1cc(F)ccc1C. The lowest BCUT2D eigenvalue weighted by molar-refractivity contribution is -0.118. The molecule has 0 unspecified atom stereocenters. The number of carbonyl (C=O) groups excluding carboxylic acids is 2. The van der Waals surface area contributed by atoms with Gasteiger partial charge in [-0.2, -0.15) is 0 Å². The molecule has 0 aliphatic heterocycles. The van der Waals surface area contributed by atoms with Crippen LogP contribution >= 0.6 is 0 Å². The molecular formula is C28H25FN2O4. The van der Waals surface area contributed by atoms with Gasteiger partial charge in [0, 0.05) is 5.69 Å². The first-order chi connectivity index (χ1) is 16.8. The summed E-state index contributed by atoms with van der Waals surface area (Å²) in [6, 6.07) is 20.6. The summed E-state index contributed by atoms with van der Waals surface area (Å²) < 4.78 is 24.7. The molecule has 0 radical (unpaired) electrons. The van der Waals surface area contributed by atoms with Crippen LogP contribution < -0.4 is 20.1 Å². The Morgan fingerprint density at radius 3 is 2.31 bits per heavy atom. The number of halogens is 1. The van der Waals surface area contributed by atoms with Crippen molar-refractivity contribution in [2.45, 2.75) is 13.8 Å². The van der Waals surface area contributed by atoms with Crippen LogP contribution in [0.4, 0.5) is 15.8 Å². The van der Waals surface area contributed by atoms with Gasteiger partial charge in [-0.25, -0.2) is 4.39 Å². The first kappa shape index (κ1) is 23.8. The molecular weight excluding hydrogens is 447 g/mol. The number of nitrogens with one attached hydrogen (secondary N) is 2. The van der Waals surface area contributed by atoms with Crippen LogP contribution in [0.2, 0.25) is 0 Å². The fraction of sp³-hybridized carbons (Fsp3) is 0.143. The van der Waals surface area contributed by atoms with Gasteiger partial charge in [-0.3, -0.25) is 9.59 Å². The quantitative estimate of drug-likeness (QED) is 0.353. The predicted molar refractivity (Wildman–Crippen MR) is 135 cm³/mol. The molecule has 7 heteroatoms. The zero-order valence-electron chi connectivity index (χ0n) is 19.6. The van der Waals surface area contributed by atoms with Gasteiger partial charge in [-0.1, -0.05) is 36.4 Å². The smallest absolute Gasteiger partial charge is 0.262 e. The molecule has 0 aromatic heterocycles. The van der Waals surface area contributed by atoms with Gasteiger partial charge in [-0.05, 0) is 72.1 Å². The third kappa shape index (κ3) is 5.58. The summed E-state index contributed by atoms with van der Waals surface area (Å²) in [6.45, 7) is 3.32. The lowest BCUT2D eigenvalue weighted by Gasteiger charge is -2.15. The van der Waals surface area contributed by atoms with E-state index in [1.165, 1.54) is 19.2 Å². The van der Waals surface area contributed by atoms with Crippen LogP contribution in [0.25, 0.3) is 10.8 Å². The number of fused-ring (bicyclic) bond motifs is 1. The molecule has 178 valence electrons. The van der Waals surface area contributed by atoms with Gasteiger partial charge in [0.1, 0.15) is 17.3 Å². The standard InChI is InChI=1S/C28H25FN2O4/c1-17-8-11-25(34-3)24(12-17)31-28(33)22-13-19-6-4-5-7-20(19)14-26(22)35-16-27(32)30-23-15-21(29)10-9-18(23)2/h4-15H,16H2,1-3H3,(H,30,32)(H,31,33). The van der Waals surface area contributed by atoms with Gasteiger partial charge >= 0.3 is 0 Å². The van der Waals surface area contributed by atoms with Crippen molar-refractivity contribution < 1.29 is 23.5 Å². The third-order valence-corrected chi connectivity index (χ3v) is 5.53. The summed E-state index contributed by atoms with van der Waals surface area (Å²) in [7, 11) is 1.53. The van der Waals surface area contributed by atoms with E-state index in [1.54, 1.807) is 31.2 Å². The highest BCUT2D eigenvalue weighted by molar-refractivity contribution is 6.09. The molecule has 6 nitrogen and oxygen atoms in total. The van der Waals surface area contributed by atoms with Crippen LogP contribution in [0, 0.1) is 19.7 Å². The zero-order valence-corrected chi connectivity index (χ0v) is 19.6. The summed E-state index contributed by atoms with van der Waals surface area (Å²) in [5, 5.41) is 7.23. The van der Waals surface area contributed by atoms with Crippen molar-refractivity contribution in [1.29, 1.82) is 0 Å². The van der Waals surface area contributed by atoms with E-state index in [4.69, 9.17) is 9.47 Å². The molecule has 0 atom stereocenters. The van der Waals surface area contributed by atoms with Crippen LogP contribution in [-0.4, -0.2) is 25.5 Å². The van der Waals surface area contributed by atoms with Gasteiger partial charge in [0.25, 0.3) is 11.8 Å². The first-order valence-electron chi connectivity index (χ1n) is 11.0. The topological polar surface area (TPSA) is 76.7 Å². The molecule has 0 spiro atoms. The maximum absolute atomic E-state index is 13.6. The molecule has 4 rings (SSSR count). The summed E-state index contributed by atoms with van der Waals surface area (Å²) >= 11 is 0. The zero-order chi connectivity index (χ0) is 24.9. The first-order valence-corrected chi connectivity index (χ1v) is 11.0. The van der Waals surface area contributed by atoms with Crippen molar-refractivity contribution in [3.05, 3.63) is 95.3 Å². The highest BCUT2D eigenvalue weighted by Crippen LogP contribution is 2.30. The van der Waals surface area contributed by atoms with Gasteiger partial charge in [-0.15, -0.1) is 0 Å². The number of rotatable bonds is 7. The van der Waals surface area contributed by atoms with Crippen molar-refractivity contribution in [2.24, 2.45) is 0 Å². The summed E-state index contributed by atoms with van der Waals surface area (Å²) in [5.41, 5.74) is 2.83. The van der Waals surface area contributed by atoms with Crippen molar-refractivity contribution >= 4 is 34.0 Å². The summed E-state index contributed by atoms with van der Waals surface area (Å²) in [6.07, 6.45) is 0. The molecule has 35 heavy (non-hydrogen) atoms. The Morgan fingerprint density at radius 2 is 1.57 bits per heavy atom. The molecule has 0 bridgehead atoms. The second-order valence-electron chi connectivity index (χ2n) is 8.15. The molecule has 0 saturated heterocycles. The molecule has 0 heterocycles. The van der Waals surface area contributed by atoms with E-state index in [-0.39, 0.29) is 17.9 Å². The monoisotopic (exact) mass is 472 g/mol. The molecule has 2 amide bonds. The Bertz CT molecular complexity index is 1420. The molecule has 0 aliphatic carbocycles. The van der Waals surface area contributed by atoms with E-state index in [1.807, 2.05) is 43.3 Å². The minimum atomic E-state index is -0.474. The number of hydrogen-bond acceptors (Lipinski definition) is 4. The molecule has 0 fully saturated rings. The summed E-state index contributed by atoms with van der Waals surface area (Å²) in [5.74, 6) is -0.558. The Morgan fingerprint density at radius 1 is 0.829 bits per heavy atom. The van der Waals surface area contributed by atoms with Crippen molar-refractivity contribution in [3.8, 4) is 11.5 Å². The number of amides is 2. The van der Waals surface area contributed by atoms with Crippen LogP contribution in [0.5, 0.6) is 11.5 Å². The van der Waals surface area contributed by atoms with Gasteiger partial charge < -0.3 is 20.1 Å². The number of benzene rings is 4. The highest BCUT2D eigenvalue weighted by atomic mass is 19.1. The fourth-order valence-corrected chi connectivity index (χ4v) is 3.68. The average Bonchev–Trinajstić information content (AvgIpc) is 2.84. The van der Waals surface area contributed by atoms with E-state index < -0.39 is 17.6 Å². The average molecular weight is 473 g/mol. The highest BCUT2D eigenvalue weighted by Gasteiger charge is 2.18. The minimum Gasteiger partial charge on any atom is -0.495 e. The van der Waals surface area contributed by atoms with Gasteiger partial charge in [0.05, 0.1) is 18.4 Å². The van der Waals surface area contributed by atoms with E-state index >= 15 is 0 Å². The fourth-order valence-electron chi connectivity index (χ4n) is 3.68. The van der Waals surface area contributed by atoms with Crippen molar-refractivity contribution in [1.82, 2.24) is 0 Å². The normalized spacial score (nSPS) is 10.6. The Hall–Kier alpha value is -4.39. The molecule has 4 aromatic rings. The molecule has 0 aliphatic rings. The number of aryl methyl sites for hydroxylation is 2. The number of hydrogen-bond donors (Lipinski definition) is 2. The Balaban J connectivity index is 1.59. The van der Waals surface area contributed by atoms with Crippen molar-refractivity contribution in [3.63, 3.8) is 0 Å². The maximum atomic E-state index is 13.6. The lowest BCUT2D eigenvalue weighted by Crippen LogP contribution is -2.22. The van der Waals surface area contributed by atoms with E-state index in [2.05, 4.69) is 10.6 Å². The second kappa shape index (κ2) is 10.3. The van der Waals surface area contributed by atoms with E-state index in [9.17, 15) is 14.0 Å². The number of carbonyl (C=O) groups is 2. The van der Waals surface area contributed by atoms with Crippen LogP contribution in [0.1, 0.15) is 21.5 Å². The minimum absolute atomic E-state index is 0.249. The lowest BCUT2D eigenvalue weighted by atomic mass is 10.0. The van der Waals surface area contributed by atoms with Gasteiger partial charge in [0.15, 0.2) is 6.61 Å². The molecule has 0 saturated carbocycles. The van der Waals surface area contributed by atoms with Crippen LogP contribution in [0.15, 0.2) is 72.8 Å². The molecule has 4 aromatic carbocycles. The van der Waals surface area contributed by atoms with Gasteiger partial charge in [0.2, 0.25) is 0 Å². The summed E-state index contributed by atoms with van der Waals surface area (Å²) in [4.78, 5) is 25.8. The van der Waals surface area contributed by atoms with Crippen LogP contribution in [0.3, 0.4) is 0 Å². The second-order valence-corrected chi connectivity index (χ2v) is 8.15. The van der Waals surface area contributed by atoms with E-state index in [0.717, 1.165) is 21.9 Å². The number of anilines is 2. The Kier molecular flexibility index (Phi) is 6.96. The van der Waals surface area contributed by atoms with E-state index in [0.29, 0.717) is 17.1 Å². The third-order valence-electron chi connectivity index (χ3n) is 5.53. The molecule has 2 N–H and O–H groups in total. The number of ether oxygens (including phenoxy) is 2. The predicted octanol–water partition coefficient (Wildman–Crippen LogP) is 5.87. The Labute approximate surface area is 202 Å². The maximum Gasteiger partial charge on any atom is 0.262 e. The largest absolute Gasteiger partial charge is 0.495 e. The van der Waals surface area contributed by atoms with Crippen molar-refractivity contribution in [2.75, 3.05) is 24.4 Å².